The van der Waals surface area contributed by atoms with Gasteiger partial charge >= 0.3 is 0 Å². The minimum atomic E-state index is 0.200. The molecule has 18 heavy (non-hydrogen) atoms. The molecule has 0 heterocycles. The molecule has 0 amide bonds. The first kappa shape index (κ1) is 15.2. The molecule has 102 valence electrons. The molecule has 1 nitrogen and oxygen atoms in total. The molecule has 1 unspecified atom stereocenters. The zero-order valence-corrected chi connectivity index (χ0v) is 12.7. The monoisotopic (exact) mass is 247 g/mol. The van der Waals surface area contributed by atoms with Crippen LogP contribution in [0.4, 0.5) is 0 Å². The van der Waals surface area contributed by atoms with Gasteiger partial charge in [-0.15, -0.1) is 0 Å². The van der Waals surface area contributed by atoms with Gasteiger partial charge in [0, 0.05) is 12.1 Å². The van der Waals surface area contributed by atoms with Gasteiger partial charge in [0.25, 0.3) is 0 Å². The van der Waals surface area contributed by atoms with E-state index >= 15 is 0 Å². The van der Waals surface area contributed by atoms with Crippen molar-refractivity contribution < 1.29 is 0 Å². The van der Waals surface area contributed by atoms with Gasteiger partial charge in [0.2, 0.25) is 0 Å². The molecular weight excluding hydrogens is 218 g/mol. The van der Waals surface area contributed by atoms with Crippen LogP contribution in [0.1, 0.15) is 53.0 Å². The average molecular weight is 247 g/mol. The Balaban J connectivity index is 2.68. The lowest BCUT2D eigenvalue weighted by molar-refractivity contribution is 0.244. The Morgan fingerprint density at radius 1 is 1.00 bits per heavy atom. The summed E-state index contributed by atoms with van der Waals surface area (Å²) in [5, 5.41) is 3.67. The minimum Gasteiger partial charge on any atom is -0.312 e. The van der Waals surface area contributed by atoms with Gasteiger partial charge in [0.05, 0.1) is 0 Å². The van der Waals surface area contributed by atoms with Crippen LogP contribution in [0.25, 0.3) is 0 Å². The molecule has 0 aromatic heterocycles. The van der Waals surface area contributed by atoms with Gasteiger partial charge in [-0.1, -0.05) is 50.6 Å². The summed E-state index contributed by atoms with van der Waals surface area (Å²) >= 11 is 0. The van der Waals surface area contributed by atoms with E-state index in [0.29, 0.717) is 5.41 Å². The summed E-state index contributed by atoms with van der Waals surface area (Å²) in [5.74, 6) is 0. The molecule has 1 aromatic rings. The fourth-order valence-electron chi connectivity index (χ4n) is 2.41. The van der Waals surface area contributed by atoms with E-state index in [2.05, 4.69) is 70.3 Å². The second-order valence-electron chi connectivity index (χ2n) is 6.83. The first-order valence-electron chi connectivity index (χ1n) is 7.14. The summed E-state index contributed by atoms with van der Waals surface area (Å²) in [6, 6.07) is 10.8. The van der Waals surface area contributed by atoms with Crippen molar-refractivity contribution in [2.24, 2.45) is 5.41 Å². The Kier molecular flexibility index (Phi) is 5.40. The van der Waals surface area contributed by atoms with E-state index in [1.807, 2.05) is 0 Å². The third-order valence-corrected chi connectivity index (χ3v) is 3.37. The maximum atomic E-state index is 3.67. The fraction of sp³-hybridized carbons (Fsp3) is 0.647. The fourth-order valence-corrected chi connectivity index (χ4v) is 2.41. The summed E-state index contributed by atoms with van der Waals surface area (Å²) in [6.45, 7) is 12.5. The first-order valence-corrected chi connectivity index (χ1v) is 7.14. The maximum Gasteiger partial charge on any atom is 0.00967 e. The van der Waals surface area contributed by atoms with Crippen molar-refractivity contribution in [3.8, 4) is 0 Å². The second kappa shape index (κ2) is 6.38. The van der Waals surface area contributed by atoms with E-state index in [0.717, 1.165) is 13.0 Å². The largest absolute Gasteiger partial charge is 0.312 e. The summed E-state index contributed by atoms with van der Waals surface area (Å²) in [4.78, 5) is 0. The average Bonchev–Trinajstić information content (AvgIpc) is 2.27. The minimum absolute atomic E-state index is 0.200. The quantitative estimate of drug-likeness (QED) is 0.784. The Morgan fingerprint density at radius 2 is 1.61 bits per heavy atom. The first-order chi connectivity index (χ1) is 8.35. The second-order valence-corrected chi connectivity index (χ2v) is 6.83. The van der Waals surface area contributed by atoms with E-state index in [4.69, 9.17) is 0 Å². The molecule has 0 saturated carbocycles. The molecular formula is C17H29N. The zero-order chi connectivity index (χ0) is 13.6. The molecule has 1 heteroatoms. The highest BCUT2D eigenvalue weighted by Crippen LogP contribution is 2.28. The molecule has 1 rings (SSSR count). The molecule has 0 saturated heterocycles. The van der Waals surface area contributed by atoms with Gasteiger partial charge in [0.1, 0.15) is 0 Å². The number of benzene rings is 1. The van der Waals surface area contributed by atoms with E-state index in [-0.39, 0.29) is 5.54 Å². The van der Waals surface area contributed by atoms with Gasteiger partial charge in [-0.25, -0.2) is 0 Å². The van der Waals surface area contributed by atoms with Gasteiger partial charge in [-0.05, 0) is 44.6 Å². The molecule has 1 atom stereocenters. The zero-order valence-electron chi connectivity index (χ0n) is 12.7. The van der Waals surface area contributed by atoms with Crippen molar-refractivity contribution in [2.75, 3.05) is 6.54 Å². The number of nitrogens with one attached hydrogen (secondary N) is 1. The Hall–Kier alpha value is -0.820. The van der Waals surface area contributed by atoms with E-state index < -0.39 is 0 Å². The molecule has 0 fully saturated rings. The van der Waals surface area contributed by atoms with Crippen LogP contribution in [-0.4, -0.2) is 12.1 Å². The standard InChI is InChI=1S/C17H29N/c1-6-12-17(5,14-18-16(2,3)4)13-15-10-8-7-9-11-15/h7-11,18H,6,12-14H2,1-5H3. The van der Waals surface area contributed by atoms with Gasteiger partial charge < -0.3 is 5.32 Å². The smallest absolute Gasteiger partial charge is 0.00967 e. The summed E-state index contributed by atoms with van der Waals surface area (Å²) in [7, 11) is 0. The molecule has 0 aliphatic carbocycles. The van der Waals surface area contributed by atoms with Crippen molar-refractivity contribution in [3.05, 3.63) is 35.9 Å². The Bertz CT molecular complexity index is 336. The van der Waals surface area contributed by atoms with Crippen LogP contribution in [0.2, 0.25) is 0 Å². The number of hydrogen-bond acceptors (Lipinski definition) is 1. The topological polar surface area (TPSA) is 12.0 Å². The molecule has 0 spiro atoms. The predicted octanol–water partition coefficient (Wildman–Crippen LogP) is 4.42. The van der Waals surface area contributed by atoms with Crippen molar-refractivity contribution in [2.45, 2.75) is 59.4 Å². The van der Waals surface area contributed by atoms with Crippen LogP contribution >= 0.6 is 0 Å². The normalized spacial score (nSPS) is 15.4. The summed E-state index contributed by atoms with van der Waals surface area (Å²) in [6.07, 6.45) is 3.67. The van der Waals surface area contributed by atoms with E-state index in [1.54, 1.807) is 0 Å². The number of rotatable bonds is 6. The van der Waals surface area contributed by atoms with Crippen LogP contribution in [0.5, 0.6) is 0 Å². The Labute approximate surface area is 113 Å². The van der Waals surface area contributed by atoms with Crippen molar-refractivity contribution in [3.63, 3.8) is 0 Å². The molecule has 0 aliphatic rings. The summed E-state index contributed by atoms with van der Waals surface area (Å²) < 4.78 is 0. The van der Waals surface area contributed by atoms with Crippen molar-refractivity contribution in [1.29, 1.82) is 0 Å². The third-order valence-electron chi connectivity index (χ3n) is 3.37. The van der Waals surface area contributed by atoms with Gasteiger partial charge in [-0.2, -0.15) is 0 Å². The molecule has 1 N–H and O–H groups in total. The van der Waals surface area contributed by atoms with E-state index in [1.165, 1.54) is 18.4 Å². The van der Waals surface area contributed by atoms with Crippen LogP contribution < -0.4 is 5.32 Å². The van der Waals surface area contributed by atoms with Crippen LogP contribution in [0.15, 0.2) is 30.3 Å². The third kappa shape index (κ3) is 5.68. The van der Waals surface area contributed by atoms with Crippen LogP contribution in [0, 0.1) is 5.41 Å². The lowest BCUT2D eigenvalue weighted by atomic mass is 9.79. The lowest BCUT2D eigenvalue weighted by Gasteiger charge is -2.34. The van der Waals surface area contributed by atoms with Crippen LogP contribution in [-0.2, 0) is 6.42 Å². The highest BCUT2D eigenvalue weighted by molar-refractivity contribution is 5.16. The highest BCUT2D eigenvalue weighted by Gasteiger charge is 2.25. The number of hydrogen-bond donors (Lipinski definition) is 1. The molecule has 0 bridgehead atoms. The lowest BCUT2D eigenvalue weighted by Crippen LogP contribution is -2.43. The van der Waals surface area contributed by atoms with E-state index in [9.17, 15) is 0 Å². The van der Waals surface area contributed by atoms with Gasteiger partial charge in [-0.3, -0.25) is 0 Å². The van der Waals surface area contributed by atoms with Crippen molar-refractivity contribution in [1.82, 2.24) is 5.32 Å². The highest BCUT2D eigenvalue weighted by atomic mass is 15.0. The van der Waals surface area contributed by atoms with Crippen LogP contribution in [0.3, 0.4) is 0 Å². The molecule has 0 aliphatic heterocycles. The van der Waals surface area contributed by atoms with Gasteiger partial charge in [0.15, 0.2) is 0 Å². The maximum absolute atomic E-state index is 3.67. The van der Waals surface area contributed by atoms with Crippen molar-refractivity contribution >= 4 is 0 Å². The summed E-state index contributed by atoms with van der Waals surface area (Å²) in [5.41, 5.74) is 2.00. The molecule has 1 aromatic carbocycles. The Morgan fingerprint density at radius 3 is 2.11 bits per heavy atom. The molecule has 0 radical (unpaired) electrons. The SMILES string of the molecule is CCCC(C)(CNC(C)(C)C)Cc1ccccc1. The predicted molar refractivity (Wildman–Crippen MR) is 80.9 cm³/mol.